The molecular weight excluding hydrogens is 192 g/mol. The Morgan fingerprint density at radius 3 is 2.67 bits per heavy atom. The summed E-state index contributed by atoms with van der Waals surface area (Å²) in [6.07, 6.45) is 4.44. The van der Waals surface area contributed by atoms with E-state index in [1.54, 1.807) is 6.08 Å². The molecule has 78 valence electrons. The molecule has 0 aliphatic heterocycles. The molecule has 0 atom stereocenters. The van der Waals surface area contributed by atoms with E-state index in [2.05, 4.69) is 16.5 Å². The Kier molecular flexibility index (Phi) is 2.49. The van der Waals surface area contributed by atoms with E-state index in [1.807, 2.05) is 0 Å². The zero-order valence-corrected chi connectivity index (χ0v) is 8.56. The van der Waals surface area contributed by atoms with Crippen LogP contribution in [0.25, 0.3) is 6.08 Å². The summed E-state index contributed by atoms with van der Waals surface area (Å²) >= 11 is 0. The molecule has 0 saturated heterocycles. The van der Waals surface area contributed by atoms with Gasteiger partial charge in [-0.3, -0.25) is 4.79 Å². The van der Waals surface area contributed by atoms with Gasteiger partial charge in [0.05, 0.1) is 12.7 Å². The fourth-order valence-corrected chi connectivity index (χ4v) is 1.44. The van der Waals surface area contributed by atoms with E-state index in [0.29, 0.717) is 35.2 Å². The van der Waals surface area contributed by atoms with Gasteiger partial charge in [0, 0.05) is 5.92 Å². The second-order valence-corrected chi connectivity index (χ2v) is 3.49. The number of rotatable bonds is 4. The first-order chi connectivity index (χ1) is 7.30. The van der Waals surface area contributed by atoms with E-state index in [-0.39, 0.29) is 0 Å². The van der Waals surface area contributed by atoms with Crippen molar-refractivity contribution < 1.29 is 9.53 Å². The number of ether oxygens (including phenoxy) is 1. The summed E-state index contributed by atoms with van der Waals surface area (Å²) in [6, 6.07) is 0. The monoisotopic (exact) mass is 204 g/mol. The molecule has 4 nitrogen and oxygen atoms in total. The van der Waals surface area contributed by atoms with Crippen molar-refractivity contribution in [3.05, 3.63) is 23.7 Å². The highest BCUT2D eigenvalue weighted by Gasteiger charge is 2.28. The van der Waals surface area contributed by atoms with E-state index in [0.717, 1.165) is 12.8 Å². The molecule has 4 heteroatoms. The maximum Gasteiger partial charge on any atom is 0.224 e. The van der Waals surface area contributed by atoms with E-state index in [1.165, 1.54) is 7.11 Å². The van der Waals surface area contributed by atoms with Gasteiger partial charge < -0.3 is 4.74 Å². The van der Waals surface area contributed by atoms with Crippen molar-refractivity contribution in [2.24, 2.45) is 0 Å². The van der Waals surface area contributed by atoms with Crippen LogP contribution in [0.5, 0.6) is 5.88 Å². The Hall–Kier alpha value is -1.71. The van der Waals surface area contributed by atoms with Crippen LogP contribution in [0.15, 0.2) is 6.58 Å². The van der Waals surface area contributed by atoms with Crippen LogP contribution in [0, 0.1) is 0 Å². The molecule has 1 saturated carbocycles. The molecule has 1 fully saturated rings. The molecule has 1 aromatic heterocycles. The Bertz CT molecular complexity index is 411. The molecule has 1 heterocycles. The van der Waals surface area contributed by atoms with E-state index < -0.39 is 0 Å². The van der Waals surface area contributed by atoms with Gasteiger partial charge in [0.25, 0.3) is 0 Å². The van der Waals surface area contributed by atoms with Crippen LogP contribution in [0.1, 0.15) is 40.6 Å². The van der Waals surface area contributed by atoms with Crippen LogP contribution in [0.2, 0.25) is 0 Å². The van der Waals surface area contributed by atoms with E-state index in [4.69, 9.17) is 4.74 Å². The lowest BCUT2D eigenvalue weighted by Gasteiger charge is -2.07. The average Bonchev–Trinajstić information content (AvgIpc) is 3.10. The molecule has 0 N–H and O–H groups in total. The number of carbonyl (C=O) groups excluding carboxylic acids is 1. The van der Waals surface area contributed by atoms with E-state index in [9.17, 15) is 4.79 Å². The third kappa shape index (κ3) is 1.75. The second kappa shape index (κ2) is 3.81. The van der Waals surface area contributed by atoms with Gasteiger partial charge in [-0.1, -0.05) is 12.7 Å². The largest absolute Gasteiger partial charge is 0.480 e. The van der Waals surface area contributed by atoms with Crippen molar-refractivity contribution >= 4 is 12.4 Å². The number of carbonyl (C=O) groups is 1. The second-order valence-electron chi connectivity index (χ2n) is 3.49. The number of aldehydes is 1. The molecule has 2 rings (SSSR count). The summed E-state index contributed by atoms with van der Waals surface area (Å²) in [6.45, 7) is 3.62. The Morgan fingerprint density at radius 2 is 2.20 bits per heavy atom. The number of hydrogen-bond donors (Lipinski definition) is 0. The van der Waals surface area contributed by atoms with Gasteiger partial charge in [-0.25, -0.2) is 4.98 Å². The Morgan fingerprint density at radius 1 is 1.47 bits per heavy atom. The molecule has 0 spiro atoms. The van der Waals surface area contributed by atoms with Gasteiger partial charge in [-0.05, 0) is 12.8 Å². The predicted octanol–water partition coefficient (Wildman–Crippen LogP) is 1.82. The van der Waals surface area contributed by atoms with Crippen molar-refractivity contribution in [3.8, 4) is 5.88 Å². The molecule has 0 amide bonds. The molecule has 1 aromatic rings. The maximum atomic E-state index is 10.9. The third-order valence-corrected chi connectivity index (χ3v) is 2.41. The number of methoxy groups -OCH3 is 1. The zero-order valence-electron chi connectivity index (χ0n) is 8.56. The Balaban J connectivity index is 2.54. The standard InChI is InChI=1S/C11H12N2O2/c1-3-8-9(6-14)12-10(7-4-5-7)13-11(8)15-2/h3,6-7H,1,4-5H2,2H3. The number of nitrogens with zero attached hydrogens (tertiary/aromatic N) is 2. The van der Waals surface area contributed by atoms with Crippen LogP contribution >= 0.6 is 0 Å². The molecular formula is C11H12N2O2. The lowest BCUT2D eigenvalue weighted by Crippen LogP contribution is -2.04. The zero-order chi connectivity index (χ0) is 10.8. The third-order valence-electron chi connectivity index (χ3n) is 2.41. The predicted molar refractivity (Wildman–Crippen MR) is 56.0 cm³/mol. The smallest absolute Gasteiger partial charge is 0.224 e. The topological polar surface area (TPSA) is 52.1 Å². The molecule has 1 aliphatic carbocycles. The minimum absolute atomic E-state index is 0.360. The molecule has 15 heavy (non-hydrogen) atoms. The molecule has 0 bridgehead atoms. The first-order valence-electron chi connectivity index (χ1n) is 4.83. The van der Waals surface area contributed by atoms with Crippen molar-refractivity contribution in [2.45, 2.75) is 18.8 Å². The minimum atomic E-state index is 0.360. The first kappa shape index (κ1) is 9.83. The summed E-state index contributed by atoms with van der Waals surface area (Å²) in [4.78, 5) is 19.3. The summed E-state index contributed by atoms with van der Waals surface area (Å²) in [5.74, 6) is 1.54. The van der Waals surface area contributed by atoms with Crippen molar-refractivity contribution in [2.75, 3.05) is 7.11 Å². The normalized spacial score (nSPS) is 14.7. The Labute approximate surface area is 88.0 Å². The molecule has 0 unspecified atom stereocenters. The highest BCUT2D eigenvalue weighted by atomic mass is 16.5. The lowest BCUT2D eigenvalue weighted by atomic mass is 10.2. The van der Waals surface area contributed by atoms with E-state index >= 15 is 0 Å². The van der Waals surface area contributed by atoms with Gasteiger partial charge >= 0.3 is 0 Å². The lowest BCUT2D eigenvalue weighted by molar-refractivity contribution is 0.111. The molecule has 0 radical (unpaired) electrons. The average molecular weight is 204 g/mol. The minimum Gasteiger partial charge on any atom is -0.480 e. The summed E-state index contributed by atoms with van der Waals surface area (Å²) < 4.78 is 5.12. The van der Waals surface area contributed by atoms with Gasteiger partial charge in [0.15, 0.2) is 6.29 Å². The van der Waals surface area contributed by atoms with Crippen LogP contribution in [-0.2, 0) is 0 Å². The summed E-state index contributed by atoms with van der Waals surface area (Å²) in [5.41, 5.74) is 0.927. The van der Waals surface area contributed by atoms with Crippen LogP contribution in [-0.4, -0.2) is 23.4 Å². The number of aromatic nitrogens is 2. The molecule has 0 aromatic carbocycles. The van der Waals surface area contributed by atoms with Crippen LogP contribution in [0.3, 0.4) is 0 Å². The maximum absolute atomic E-state index is 10.9. The van der Waals surface area contributed by atoms with Crippen molar-refractivity contribution in [1.82, 2.24) is 9.97 Å². The summed E-state index contributed by atoms with van der Waals surface area (Å²) in [7, 11) is 1.53. The number of hydrogen-bond acceptors (Lipinski definition) is 4. The fourth-order valence-electron chi connectivity index (χ4n) is 1.44. The SMILES string of the molecule is C=Cc1c(C=O)nc(C2CC2)nc1OC. The van der Waals surface area contributed by atoms with Gasteiger partial charge in [-0.15, -0.1) is 0 Å². The van der Waals surface area contributed by atoms with Crippen LogP contribution in [0.4, 0.5) is 0 Å². The summed E-state index contributed by atoms with van der Waals surface area (Å²) in [5, 5.41) is 0. The quantitative estimate of drug-likeness (QED) is 0.702. The van der Waals surface area contributed by atoms with Gasteiger partial charge in [0.2, 0.25) is 5.88 Å². The first-order valence-corrected chi connectivity index (χ1v) is 4.83. The van der Waals surface area contributed by atoms with Crippen LogP contribution < -0.4 is 4.74 Å². The van der Waals surface area contributed by atoms with Crippen molar-refractivity contribution in [1.29, 1.82) is 0 Å². The fraction of sp³-hybridized carbons (Fsp3) is 0.364. The van der Waals surface area contributed by atoms with Gasteiger partial charge in [0.1, 0.15) is 11.5 Å². The molecule has 1 aliphatic rings. The highest BCUT2D eigenvalue weighted by Crippen LogP contribution is 2.39. The highest BCUT2D eigenvalue weighted by molar-refractivity contribution is 5.80. The van der Waals surface area contributed by atoms with Gasteiger partial charge in [-0.2, -0.15) is 4.98 Å². The van der Waals surface area contributed by atoms with Crippen molar-refractivity contribution in [3.63, 3.8) is 0 Å².